The molecule has 0 atom stereocenters. The Morgan fingerprint density at radius 1 is 1.28 bits per heavy atom. The lowest BCUT2D eigenvalue weighted by atomic mass is 10.3. The maximum Gasteiger partial charge on any atom is 0.156 e. The number of nitrogens with two attached hydrogens (primary N) is 1. The van der Waals surface area contributed by atoms with Crippen LogP contribution in [0, 0.1) is 0 Å². The van der Waals surface area contributed by atoms with E-state index >= 15 is 0 Å². The van der Waals surface area contributed by atoms with Gasteiger partial charge in [-0.3, -0.25) is 4.90 Å². The predicted octanol–water partition coefficient (Wildman–Crippen LogP) is 1.59. The zero-order valence-electron chi connectivity index (χ0n) is 12.1. The van der Waals surface area contributed by atoms with Crippen molar-refractivity contribution < 1.29 is 8.42 Å². The summed E-state index contributed by atoms with van der Waals surface area (Å²) in [5.41, 5.74) is 5.48. The molecule has 0 aliphatic carbocycles. The molecule has 0 aliphatic heterocycles. The molecule has 0 amide bonds. The summed E-state index contributed by atoms with van der Waals surface area (Å²) in [6.45, 7) is 10.5. The SMILES string of the molecule is CC(C)N(CCC(N)=S)CCS(=O)(=O)C(C)(C)C. The number of nitrogens with zero attached hydrogens (tertiary/aromatic N) is 1. The molecule has 0 radical (unpaired) electrons. The quantitative estimate of drug-likeness (QED) is 0.722. The zero-order valence-corrected chi connectivity index (χ0v) is 13.7. The summed E-state index contributed by atoms with van der Waals surface area (Å²) in [5, 5.41) is 0. The Balaban J connectivity index is 4.50. The highest BCUT2D eigenvalue weighted by Crippen LogP contribution is 2.16. The van der Waals surface area contributed by atoms with Crippen LogP contribution in [-0.2, 0) is 9.84 Å². The van der Waals surface area contributed by atoms with Crippen molar-refractivity contribution in [3.05, 3.63) is 0 Å². The van der Waals surface area contributed by atoms with Gasteiger partial charge in [-0.15, -0.1) is 0 Å². The van der Waals surface area contributed by atoms with Gasteiger partial charge in [-0.1, -0.05) is 12.2 Å². The number of sulfone groups is 1. The zero-order chi connectivity index (χ0) is 14.6. The first-order chi connectivity index (χ1) is 7.97. The molecular weight excluding hydrogens is 268 g/mol. The van der Waals surface area contributed by atoms with Crippen molar-refractivity contribution in [1.82, 2.24) is 4.90 Å². The first-order valence-corrected chi connectivity index (χ1v) is 8.28. The van der Waals surface area contributed by atoms with E-state index in [9.17, 15) is 8.42 Å². The lowest BCUT2D eigenvalue weighted by Gasteiger charge is -2.28. The van der Waals surface area contributed by atoms with Gasteiger partial charge in [-0.2, -0.15) is 0 Å². The lowest BCUT2D eigenvalue weighted by Crippen LogP contribution is -2.40. The van der Waals surface area contributed by atoms with Crippen LogP contribution in [0.5, 0.6) is 0 Å². The summed E-state index contributed by atoms with van der Waals surface area (Å²) in [7, 11) is -3.07. The van der Waals surface area contributed by atoms with Crippen molar-refractivity contribution in [3.63, 3.8) is 0 Å². The van der Waals surface area contributed by atoms with Gasteiger partial charge in [-0.25, -0.2) is 8.42 Å². The maximum atomic E-state index is 12.0. The molecule has 0 aliphatic rings. The van der Waals surface area contributed by atoms with Crippen LogP contribution in [0.4, 0.5) is 0 Å². The van der Waals surface area contributed by atoms with E-state index in [2.05, 4.69) is 4.90 Å². The third-order valence-corrected chi connectivity index (χ3v) is 5.75. The average molecular weight is 294 g/mol. The number of hydrogen-bond acceptors (Lipinski definition) is 4. The molecule has 0 bridgehead atoms. The van der Waals surface area contributed by atoms with E-state index in [4.69, 9.17) is 18.0 Å². The minimum absolute atomic E-state index is 0.173. The fourth-order valence-electron chi connectivity index (χ4n) is 1.43. The molecule has 2 N–H and O–H groups in total. The van der Waals surface area contributed by atoms with Crippen molar-refractivity contribution in [2.75, 3.05) is 18.8 Å². The van der Waals surface area contributed by atoms with E-state index in [0.717, 1.165) is 0 Å². The topological polar surface area (TPSA) is 63.4 Å². The highest BCUT2D eigenvalue weighted by molar-refractivity contribution is 7.92. The van der Waals surface area contributed by atoms with Gasteiger partial charge in [0.05, 0.1) is 15.5 Å². The van der Waals surface area contributed by atoms with Gasteiger partial charge < -0.3 is 5.73 Å². The fourth-order valence-corrected chi connectivity index (χ4v) is 2.60. The Kier molecular flexibility index (Phi) is 6.74. The largest absolute Gasteiger partial charge is 0.393 e. The minimum Gasteiger partial charge on any atom is -0.393 e. The Bertz CT molecular complexity index is 370. The van der Waals surface area contributed by atoms with Gasteiger partial charge in [0.15, 0.2) is 9.84 Å². The highest BCUT2D eigenvalue weighted by atomic mass is 32.2. The third-order valence-electron chi connectivity index (χ3n) is 2.96. The van der Waals surface area contributed by atoms with E-state index in [1.807, 2.05) is 13.8 Å². The van der Waals surface area contributed by atoms with Crippen LogP contribution in [0.15, 0.2) is 0 Å². The Morgan fingerprint density at radius 2 is 1.78 bits per heavy atom. The van der Waals surface area contributed by atoms with Crippen molar-refractivity contribution in [2.45, 2.75) is 51.8 Å². The predicted molar refractivity (Wildman–Crippen MR) is 81.7 cm³/mol. The monoisotopic (exact) mass is 294 g/mol. The van der Waals surface area contributed by atoms with Gasteiger partial charge >= 0.3 is 0 Å². The molecule has 0 aromatic rings. The van der Waals surface area contributed by atoms with Crippen LogP contribution in [0.25, 0.3) is 0 Å². The highest BCUT2D eigenvalue weighted by Gasteiger charge is 2.29. The minimum atomic E-state index is -3.07. The standard InChI is InChI=1S/C12H26N2O2S2/c1-10(2)14(7-6-11(13)17)8-9-18(15,16)12(3,4)5/h10H,6-9H2,1-5H3,(H2,13,17). The Hall–Kier alpha value is -0.200. The number of hydrogen-bond donors (Lipinski definition) is 1. The second kappa shape index (κ2) is 6.82. The molecule has 0 saturated heterocycles. The van der Waals surface area contributed by atoms with Crippen LogP contribution < -0.4 is 5.73 Å². The summed E-state index contributed by atoms with van der Waals surface area (Å²) < 4.78 is 23.4. The van der Waals surface area contributed by atoms with Gasteiger partial charge in [-0.05, 0) is 34.6 Å². The summed E-state index contributed by atoms with van der Waals surface area (Å²) >= 11 is 4.85. The molecular formula is C12H26N2O2S2. The molecule has 4 nitrogen and oxygen atoms in total. The van der Waals surface area contributed by atoms with Crippen LogP contribution in [0.1, 0.15) is 41.0 Å². The van der Waals surface area contributed by atoms with Crippen molar-refractivity contribution in [3.8, 4) is 0 Å². The lowest BCUT2D eigenvalue weighted by molar-refractivity contribution is 0.241. The number of rotatable bonds is 7. The van der Waals surface area contributed by atoms with Crippen LogP contribution in [0.2, 0.25) is 0 Å². The first-order valence-electron chi connectivity index (χ1n) is 6.22. The van der Waals surface area contributed by atoms with E-state index in [1.165, 1.54) is 0 Å². The molecule has 0 fully saturated rings. The molecule has 18 heavy (non-hydrogen) atoms. The molecule has 0 saturated carbocycles. The van der Waals surface area contributed by atoms with E-state index < -0.39 is 14.6 Å². The number of thiocarbonyl (C=S) groups is 1. The Morgan fingerprint density at radius 3 is 2.11 bits per heavy atom. The maximum absolute atomic E-state index is 12.0. The second-order valence-corrected chi connectivity index (χ2v) is 9.16. The van der Waals surface area contributed by atoms with Gasteiger partial charge in [0, 0.05) is 25.6 Å². The third kappa shape index (κ3) is 6.11. The molecule has 0 heterocycles. The average Bonchev–Trinajstić information content (AvgIpc) is 2.14. The molecule has 0 aromatic carbocycles. The fraction of sp³-hybridized carbons (Fsp3) is 0.917. The summed E-state index contributed by atoms with van der Waals surface area (Å²) in [5.74, 6) is 0.173. The molecule has 108 valence electrons. The van der Waals surface area contributed by atoms with Gasteiger partial charge in [0.2, 0.25) is 0 Å². The van der Waals surface area contributed by atoms with Gasteiger partial charge in [0.25, 0.3) is 0 Å². The normalized spacial score (nSPS) is 13.3. The molecule has 0 spiro atoms. The van der Waals surface area contributed by atoms with Crippen LogP contribution >= 0.6 is 12.2 Å². The van der Waals surface area contributed by atoms with Crippen LogP contribution in [-0.4, -0.2) is 47.9 Å². The van der Waals surface area contributed by atoms with Crippen molar-refractivity contribution in [2.24, 2.45) is 5.73 Å². The molecule has 0 rings (SSSR count). The molecule has 0 unspecified atom stereocenters. The summed E-state index contributed by atoms with van der Waals surface area (Å²) in [6, 6.07) is 0.287. The summed E-state index contributed by atoms with van der Waals surface area (Å²) in [4.78, 5) is 2.57. The van der Waals surface area contributed by atoms with E-state index in [-0.39, 0.29) is 11.8 Å². The van der Waals surface area contributed by atoms with E-state index in [1.54, 1.807) is 20.8 Å². The van der Waals surface area contributed by atoms with Crippen LogP contribution in [0.3, 0.4) is 0 Å². The summed E-state index contributed by atoms with van der Waals surface area (Å²) in [6.07, 6.45) is 0.628. The first kappa shape index (κ1) is 17.8. The van der Waals surface area contributed by atoms with Gasteiger partial charge in [0.1, 0.15) is 0 Å². The smallest absolute Gasteiger partial charge is 0.156 e. The second-order valence-electron chi connectivity index (χ2n) is 5.78. The molecule has 6 heteroatoms. The Labute approximate surface area is 117 Å². The van der Waals surface area contributed by atoms with E-state index in [0.29, 0.717) is 24.5 Å². The van der Waals surface area contributed by atoms with Crippen molar-refractivity contribution in [1.29, 1.82) is 0 Å². The van der Waals surface area contributed by atoms with Crippen molar-refractivity contribution >= 4 is 27.0 Å². The molecule has 0 aromatic heterocycles.